The number of nitrogens with one attached hydrogen (secondary N) is 1. The van der Waals surface area contributed by atoms with Crippen molar-refractivity contribution < 1.29 is 9.47 Å². The zero-order valence-electron chi connectivity index (χ0n) is 13.5. The molecule has 0 unspecified atom stereocenters. The number of ether oxygens (including phenoxy) is 2. The third-order valence-corrected chi connectivity index (χ3v) is 4.35. The molecule has 0 saturated carbocycles. The summed E-state index contributed by atoms with van der Waals surface area (Å²) < 4.78 is 10.9. The minimum Gasteiger partial charge on any atom is -0.496 e. The molecule has 1 aromatic rings. The molecule has 1 heterocycles. The summed E-state index contributed by atoms with van der Waals surface area (Å²) in [5.41, 5.74) is 1.51. The molecule has 1 aliphatic heterocycles. The van der Waals surface area contributed by atoms with Gasteiger partial charge in [-0.1, -0.05) is 18.2 Å². The first-order valence-corrected chi connectivity index (χ1v) is 7.69. The Morgan fingerprint density at radius 1 is 1.19 bits per heavy atom. The fourth-order valence-electron chi connectivity index (χ4n) is 3.36. The highest BCUT2D eigenvalue weighted by Gasteiger charge is 2.33. The summed E-state index contributed by atoms with van der Waals surface area (Å²) in [5.74, 6) is 0.968. The zero-order chi connectivity index (χ0) is 15.1. The first kappa shape index (κ1) is 16.3. The van der Waals surface area contributed by atoms with Gasteiger partial charge in [-0.2, -0.15) is 0 Å². The van der Waals surface area contributed by atoms with Crippen LogP contribution in [-0.2, 0) is 11.3 Å². The molecule has 1 aromatic carbocycles. The molecule has 1 N–H and O–H groups in total. The van der Waals surface area contributed by atoms with Crippen LogP contribution in [0.25, 0.3) is 0 Å². The number of piperidine rings is 1. The topological polar surface area (TPSA) is 33.7 Å². The smallest absolute Gasteiger partial charge is 0.123 e. The van der Waals surface area contributed by atoms with E-state index in [9.17, 15) is 0 Å². The van der Waals surface area contributed by atoms with Gasteiger partial charge in [0, 0.05) is 31.2 Å². The van der Waals surface area contributed by atoms with Gasteiger partial charge >= 0.3 is 0 Å². The number of hydrogen-bond acceptors (Lipinski definition) is 4. The van der Waals surface area contributed by atoms with Gasteiger partial charge in [-0.15, -0.1) is 0 Å². The van der Waals surface area contributed by atoms with E-state index >= 15 is 0 Å². The molecule has 21 heavy (non-hydrogen) atoms. The second-order valence-corrected chi connectivity index (χ2v) is 6.17. The van der Waals surface area contributed by atoms with Crippen molar-refractivity contribution in [3.8, 4) is 5.75 Å². The Bertz CT molecular complexity index is 425. The van der Waals surface area contributed by atoms with E-state index in [0.29, 0.717) is 0 Å². The largest absolute Gasteiger partial charge is 0.496 e. The first-order chi connectivity index (χ1) is 10.2. The van der Waals surface area contributed by atoms with Gasteiger partial charge in [-0.25, -0.2) is 0 Å². The molecular formula is C17H28N2O2. The molecule has 0 aromatic heterocycles. The van der Waals surface area contributed by atoms with E-state index in [0.717, 1.165) is 38.5 Å². The summed E-state index contributed by atoms with van der Waals surface area (Å²) in [6.45, 7) is 4.98. The fraction of sp³-hybridized carbons (Fsp3) is 0.647. The molecule has 2 rings (SSSR count). The number of hydrogen-bond donors (Lipinski definition) is 1. The highest BCUT2D eigenvalue weighted by atomic mass is 16.5. The molecule has 1 saturated heterocycles. The predicted octanol–water partition coefficient (Wildman–Crippen LogP) is 2.14. The van der Waals surface area contributed by atoms with E-state index < -0.39 is 0 Å². The number of benzene rings is 1. The molecule has 1 aliphatic rings. The lowest BCUT2D eigenvalue weighted by Crippen LogP contribution is -2.46. The van der Waals surface area contributed by atoms with Gasteiger partial charge in [0.25, 0.3) is 0 Å². The summed E-state index contributed by atoms with van der Waals surface area (Å²) >= 11 is 0. The van der Waals surface area contributed by atoms with Gasteiger partial charge in [0.2, 0.25) is 0 Å². The van der Waals surface area contributed by atoms with Gasteiger partial charge in [0.1, 0.15) is 5.75 Å². The second-order valence-electron chi connectivity index (χ2n) is 6.17. The third-order valence-electron chi connectivity index (χ3n) is 4.35. The lowest BCUT2D eigenvalue weighted by atomic mass is 9.79. The summed E-state index contributed by atoms with van der Waals surface area (Å²) in [5, 5.41) is 3.45. The average Bonchev–Trinajstić information content (AvgIpc) is 2.48. The highest BCUT2D eigenvalue weighted by Crippen LogP contribution is 2.31. The van der Waals surface area contributed by atoms with E-state index in [4.69, 9.17) is 9.47 Å². The Morgan fingerprint density at radius 3 is 2.57 bits per heavy atom. The SMILES string of the molecule is COCC1(CN(C)Cc2ccccc2OC)CCNCC1. The van der Waals surface area contributed by atoms with Crippen molar-refractivity contribution in [3.63, 3.8) is 0 Å². The normalized spacial score (nSPS) is 17.9. The quantitative estimate of drug-likeness (QED) is 0.835. The van der Waals surface area contributed by atoms with Crippen molar-refractivity contribution in [2.75, 3.05) is 47.5 Å². The van der Waals surface area contributed by atoms with Crippen molar-refractivity contribution >= 4 is 0 Å². The maximum atomic E-state index is 5.50. The molecule has 0 radical (unpaired) electrons. The molecule has 0 spiro atoms. The van der Waals surface area contributed by atoms with Crippen LogP contribution in [0, 0.1) is 5.41 Å². The molecule has 4 heteroatoms. The lowest BCUT2D eigenvalue weighted by molar-refractivity contribution is 0.0267. The molecule has 0 bridgehead atoms. The van der Waals surface area contributed by atoms with Crippen molar-refractivity contribution in [1.82, 2.24) is 10.2 Å². The van der Waals surface area contributed by atoms with Crippen LogP contribution in [0.3, 0.4) is 0 Å². The Kier molecular flexibility index (Phi) is 6.03. The van der Waals surface area contributed by atoms with Crippen molar-refractivity contribution in [1.29, 1.82) is 0 Å². The van der Waals surface area contributed by atoms with Crippen molar-refractivity contribution in [3.05, 3.63) is 29.8 Å². The van der Waals surface area contributed by atoms with Crippen LogP contribution in [0.2, 0.25) is 0 Å². The number of methoxy groups -OCH3 is 2. The minimum absolute atomic E-state index is 0.275. The fourth-order valence-corrected chi connectivity index (χ4v) is 3.36. The molecule has 0 aliphatic carbocycles. The number of nitrogens with zero attached hydrogens (tertiary/aromatic N) is 1. The van der Waals surface area contributed by atoms with Crippen LogP contribution >= 0.6 is 0 Å². The van der Waals surface area contributed by atoms with E-state index in [1.165, 1.54) is 18.4 Å². The molecule has 0 amide bonds. The van der Waals surface area contributed by atoms with Crippen LogP contribution in [0.5, 0.6) is 5.75 Å². The Labute approximate surface area is 128 Å². The first-order valence-electron chi connectivity index (χ1n) is 7.69. The monoisotopic (exact) mass is 292 g/mol. The van der Waals surface area contributed by atoms with E-state index in [2.05, 4.69) is 29.4 Å². The van der Waals surface area contributed by atoms with E-state index in [1.54, 1.807) is 7.11 Å². The summed E-state index contributed by atoms with van der Waals surface area (Å²) in [4.78, 5) is 2.39. The third kappa shape index (κ3) is 4.43. The second kappa shape index (κ2) is 7.78. The van der Waals surface area contributed by atoms with Crippen LogP contribution in [0.15, 0.2) is 24.3 Å². The van der Waals surface area contributed by atoms with Crippen LogP contribution in [0.1, 0.15) is 18.4 Å². The Hall–Kier alpha value is -1.10. The van der Waals surface area contributed by atoms with Crippen LogP contribution < -0.4 is 10.1 Å². The van der Waals surface area contributed by atoms with Crippen LogP contribution in [-0.4, -0.2) is 52.4 Å². The van der Waals surface area contributed by atoms with Gasteiger partial charge in [0.05, 0.1) is 13.7 Å². The molecule has 0 atom stereocenters. The molecule has 118 valence electrons. The highest BCUT2D eigenvalue weighted by molar-refractivity contribution is 5.33. The molecular weight excluding hydrogens is 264 g/mol. The summed E-state index contributed by atoms with van der Waals surface area (Å²) in [6, 6.07) is 8.25. The summed E-state index contributed by atoms with van der Waals surface area (Å²) in [6.07, 6.45) is 2.36. The van der Waals surface area contributed by atoms with E-state index in [-0.39, 0.29) is 5.41 Å². The Morgan fingerprint density at radius 2 is 1.90 bits per heavy atom. The number of para-hydroxylation sites is 1. The zero-order valence-corrected chi connectivity index (χ0v) is 13.5. The maximum Gasteiger partial charge on any atom is 0.123 e. The van der Waals surface area contributed by atoms with Crippen LogP contribution in [0.4, 0.5) is 0 Å². The lowest BCUT2D eigenvalue weighted by Gasteiger charge is -2.40. The minimum atomic E-state index is 0.275. The predicted molar refractivity (Wildman–Crippen MR) is 85.7 cm³/mol. The van der Waals surface area contributed by atoms with E-state index in [1.807, 2.05) is 19.2 Å². The summed E-state index contributed by atoms with van der Waals surface area (Å²) in [7, 11) is 5.73. The Balaban J connectivity index is 2.00. The van der Waals surface area contributed by atoms with Crippen molar-refractivity contribution in [2.24, 2.45) is 5.41 Å². The molecule has 4 nitrogen and oxygen atoms in total. The van der Waals surface area contributed by atoms with Gasteiger partial charge in [0.15, 0.2) is 0 Å². The average molecular weight is 292 g/mol. The maximum absolute atomic E-state index is 5.50. The van der Waals surface area contributed by atoms with Gasteiger partial charge in [-0.05, 0) is 39.0 Å². The number of rotatable bonds is 7. The van der Waals surface area contributed by atoms with Gasteiger partial charge in [-0.3, -0.25) is 0 Å². The molecule has 1 fully saturated rings. The van der Waals surface area contributed by atoms with Crippen molar-refractivity contribution in [2.45, 2.75) is 19.4 Å². The van der Waals surface area contributed by atoms with Gasteiger partial charge < -0.3 is 19.7 Å². The standard InChI is InChI=1S/C17H28N2O2/c1-19(12-15-6-4-5-7-16(15)21-3)13-17(14-20-2)8-10-18-11-9-17/h4-7,18H,8-14H2,1-3H3.